The molecule has 3 heterocycles. The highest BCUT2D eigenvalue weighted by Gasteiger charge is 2.39. The summed E-state index contributed by atoms with van der Waals surface area (Å²) < 4.78 is 5.84. The summed E-state index contributed by atoms with van der Waals surface area (Å²) in [6.45, 7) is 11.9. The maximum absolute atomic E-state index is 14.4. The standard InChI is InChI=1S/C58H87N7O12S2/c1-10-36(4)42(31-48(68)45-19-15-17-26-63(45)7)56(73)64(8)46(35(2)3)32-49(77-38(6)66)55-62-44(34-79-55)54(72)60-41(28-37(5)58(75)76)29-39-22-24-40(25-23-39)30-47(67)43(18-13-14-20-51(59)69)61-52(70)21-12-11-16-27-65-53(71)33-50(78-9)57(65)74/h22-25,34-37,41-43,45-46,49-50H,10-21,26-33H2,1-9H3,(H2,59,69)(H,60,72)(H,61,70)(H,75,76)/t36-,37?,41+,42-,43-,45+,46+,49+,50?/m0/s1. The molecule has 2 unspecified atom stereocenters. The summed E-state index contributed by atoms with van der Waals surface area (Å²) in [7, 11) is 3.69. The average Bonchev–Trinajstić information content (AvgIpc) is 4.02. The Hall–Kier alpha value is -5.54. The summed E-state index contributed by atoms with van der Waals surface area (Å²) in [5.74, 6) is -5.10. The number of hydrogen-bond acceptors (Lipinski definition) is 15. The molecule has 438 valence electrons. The third-order valence-electron chi connectivity index (χ3n) is 15.6. The molecule has 9 atom stereocenters. The molecule has 0 spiro atoms. The van der Waals surface area contributed by atoms with Crippen LogP contribution in [-0.2, 0) is 60.7 Å². The van der Waals surface area contributed by atoms with Crippen LogP contribution >= 0.6 is 23.1 Å². The third kappa shape index (κ3) is 20.8. The number of amides is 6. The highest BCUT2D eigenvalue weighted by atomic mass is 32.2. The number of likely N-dealkylation sites (tertiary alicyclic amines) is 2. The molecule has 4 rings (SSSR count). The Morgan fingerprint density at radius 3 is 2.23 bits per heavy atom. The third-order valence-corrected chi connectivity index (χ3v) is 17.4. The predicted octanol–water partition coefficient (Wildman–Crippen LogP) is 6.87. The van der Waals surface area contributed by atoms with Crippen LogP contribution in [0.2, 0.25) is 0 Å². The first kappa shape index (κ1) is 66.0. The molecule has 0 saturated carbocycles. The average molecular weight is 1140 g/mol. The van der Waals surface area contributed by atoms with Gasteiger partial charge in [-0.1, -0.05) is 84.6 Å². The molecule has 79 heavy (non-hydrogen) atoms. The maximum atomic E-state index is 14.4. The zero-order valence-electron chi connectivity index (χ0n) is 47.9. The largest absolute Gasteiger partial charge is 0.481 e. The Balaban J connectivity index is 1.42. The molecule has 0 aliphatic carbocycles. The number of likely N-dealkylation sites (N-methyl/N-ethyl adjacent to an activating group) is 1. The lowest BCUT2D eigenvalue weighted by Gasteiger charge is -2.37. The second-order valence-corrected chi connectivity index (χ2v) is 24.0. The Bertz CT molecular complexity index is 2420. The summed E-state index contributed by atoms with van der Waals surface area (Å²) in [6.07, 6.45) is 8.42. The predicted molar refractivity (Wildman–Crippen MR) is 304 cm³/mol. The summed E-state index contributed by atoms with van der Waals surface area (Å²) in [5, 5.41) is 17.3. The van der Waals surface area contributed by atoms with Crippen LogP contribution in [-0.4, -0.2) is 147 Å². The first-order chi connectivity index (χ1) is 37.4. The van der Waals surface area contributed by atoms with Gasteiger partial charge in [0.25, 0.3) is 5.91 Å². The van der Waals surface area contributed by atoms with Gasteiger partial charge in [0.05, 0.1) is 23.3 Å². The number of ether oxygens (including phenoxy) is 1. The Morgan fingerprint density at radius 2 is 1.62 bits per heavy atom. The number of esters is 1. The van der Waals surface area contributed by atoms with Crippen LogP contribution in [0.4, 0.5) is 0 Å². The number of carbonyl (C=O) groups excluding carboxylic acids is 9. The van der Waals surface area contributed by atoms with E-state index in [0.717, 1.165) is 42.7 Å². The summed E-state index contributed by atoms with van der Waals surface area (Å²) in [4.78, 5) is 139. The molecule has 19 nitrogen and oxygen atoms in total. The number of rotatable bonds is 35. The van der Waals surface area contributed by atoms with Crippen molar-refractivity contribution >= 4 is 82.0 Å². The topological polar surface area (TPSA) is 273 Å². The zero-order valence-corrected chi connectivity index (χ0v) is 49.6. The maximum Gasteiger partial charge on any atom is 0.306 e. The molecule has 0 radical (unpaired) electrons. The van der Waals surface area contributed by atoms with Crippen LogP contribution in [0.5, 0.6) is 0 Å². The van der Waals surface area contributed by atoms with E-state index in [1.165, 1.54) is 23.6 Å². The number of nitrogens with two attached hydrogens (primary N) is 1. The van der Waals surface area contributed by atoms with Gasteiger partial charge in [0.2, 0.25) is 29.5 Å². The van der Waals surface area contributed by atoms with E-state index in [4.69, 9.17) is 10.5 Å². The monoisotopic (exact) mass is 1140 g/mol. The number of carbonyl (C=O) groups is 10. The van der Waals surface area contributed by atoms with Crippen molar-refractivity contribution in [1.82, 2.24) is 30.3 Å². The molecule has 6 amide bonds. The van der Waals surface area contributed by atoms with Crippen LogP contribution in [0.1, 0.15) is 177 Å². The van der Waals surface area contributed by atoms with Gasteiger partial charge in [-0.25, -0.2) is 4.98 Å². The Kier molecular flexibility index (Phi) is 27.3. The number of benzene rings is 1. The highest BCUT2D eigenvalue weighted by molar-refractivity contribution is 8.00. The fourth-order valence-corrected chi connectivity index (χ4v) is 12.0. The van der Waals surface area contributed by atoms with Crippen molar-refractivity contribution in [3.05, 3.63) is 51.5 Å². The van der Waals surface area contributed by atoms with Crippen LogP contribution in [0.15, 0.2) is 29.6 Å². The molecular weight excluding hydrogens is 1050 g/mol. The van der Waals surface area contributed by atoms with E-state index in [1.54, 1.807) is 54.8 Å². The summed E-state index contributed by atoms with van der Waals surface area (Å²) >= 11 is 2.49. The smallest absolute Gasteiger partial charge is 0.306 e. The van der Waals surface area contributed by atoms with Crippen molar-refractivity contribution in [2.24, 2.45) is 29.4 Å². The molecule has 2 aromatic rings. The fraction of sp³-hybridized carbons (Fsp3) is 0.672. The number of primary amides is 1. The minimum atomic E-state index is -1.04. The number of piperidine rings is 1. The van der Waals surface area contributed by atoms with Crippen molar-refractivity contribution in [2.75, 3.05) is 33.4 Å². The number of Topliss-reactive ketones (excluding diaryl/α,β-unsaturated/α-hetero) is 2. The molecule has 2 saturated heterocycles. The van der Waals surface area contributed by atoms with Gasteiger partial charge in [-0.2, -0.15) is 11.8 Å². The number of hydrogen-bond donors (Lipinski definition) is 4. The number of ketones is 2. The van der Waals surface area contributed by atoms with Crippen molar-refractivity contribution in [3.8, 4) is 0 Å². The van der Waals surface area contributed by atoms with Gasteiger partial charge < -0.3 is 31.1 Å². The van der Waals surface area contributed by atoms with Gasteiger partial charge in [0.1, 0.15) is 10.7 Å². The fourth-order valence-electron chi connectivity index (χ4n) is 10.5. The molecule has 0 bridgehead atoms. The second-order valence-electron chi connectivity index (χ2n) is 22.1. The SMILES string of the molecule is CC[C@H](C)[C@H](CC(=O)[C@H]1CCCCN1C)C(=O)N(C)[C@H](C[C@@H](OC(C)=O)c1nc(C(=O)N[C@@H](Cc2ccc(CC(=O)[C@H](CCCCC(N)=O)NC(=O)CCCCCN3C(=O)CC(SC)C3=O)cc2)CC(C)C(=O)O)cs1)C(C)C. The van der Waals surface area contributed by atoms with E-state index < -0.39 is 59.8 Å². The number of nitrogens with zero attached hydrogens (tertiary/aromatic N) is 4. The lowest BCUT2D eigenvalue weighted by Crippen LogP contribution is -2.48. The number of unbranched alkanes of at least 4 members (excludes halogenated alkanes) is 3. The lowest BCUT2D eigenvalue weighted by molar-refractivity contribution is -0.150. The van der Waals surface area contributed by atoms with Crippen LogP contribution in [0, 0.1) is 23.7 Å². The zero-order chi connectivity index (χ0) is 58.5. The van der Waals surface area contributed by atoms with Crippen LogP contribution in [0.25, 0.3) is 0 Å². The lowest BCUT2D eigenvalue weighted by atomic mass is 9.83. The van der Waals surface area contributed by atoms with Crippen LogP contribution < -0.4 is 16.4 Å². The van der Waals surface area contributed by atoms with E-state index >= 15 is 0 Å². The molecule has 2 aliphatic rings. The Labute approximate surface area is 475 Å². The van der Waals surface area contributed by atoms with Gasteiger partial charge >= 0.3 is 11.9 Å². The molecule has 1 aromatic carbocycles. The van der Waals surface area contributed by atoms with Crippen LogP contribution in [0.3, 0.4) is 0 Å². The van der Waals surface area contributed by atoms with E-state index in [1.807, 2.05) is 34.7 Å². The van der Waals surface area contributed by atoms with Crippen molar-refractivity contribution in [1.29, 1.82) is 0 Å². The summed E-state index contributed by atoms with van der Waals surface area (Å²) in [5.41, 5.74) is 6.80. The normalized spacial score (nSPS) is 18.5. The molecule has 2 fully saturated rings. The molecule has 5 N–H and O–H groups in total. The first-order valence-corrected chi connectivity index (χ1v) is 30.3. The van der Waals surface area contributed by atoms with Crippen molar-refractivity contribution in [2.45, 2.75) is 193 Å². The number of nitrogens with one attached hydrogen (secondary N) is 2. The quantitative estimate of drug-likeness (QED) is 0.0311. The van der Waals surface area contributed by atoms with Gasteiger partial charge in [-0.3, -0.25) is 57.7 Å². The number of aromatic nitrogens is 1. The van der Waals surface area contributed by atoms with E-state index in [-0.39, 0.29) is 115 Å². The van der Waals surface area contributed by atoms with E-state index in [0.29, 0.717) is 62.1 Å². The van der Waals surface area contributed by atoms with Crippen molar-refractivity contribution < 1.29 is 57.8 Å². The van der Waals surface area contributed by atoms with E-state index in [9.17, 15) is 53.1 Å². The second kappa shape index (κ2) is 32.6. The van der Waals surface area contributed by atoms with Gasteiger partial charge in [-0.05, 0) is 94.2 Å². The molecule has 1 aromatic heterocycles. The molecular formula is C58H87N7O12S2. The van der Waals surface area contributed by atoms with E-state index in [2.05, 4.69) is 20.5 Å². The minimum absolute atomic E-state index is 0.00479. The number of carboxylic acids is 1. The van der Waals surface area contributed by atoms with Gasteiger partial charge in [0.15, 0.2) is 17.7 Å². The summed E-state index contributed by atoms with van der Waals surface area (Å²) in [6, 6.07) is 5.02. The number of thioether (sulfide) groups is 1. The Morgan fingerprint density at radius 1 is 0.937 bits per heavy atom. The number of thiazole rings is 1. The van der Waals surface area contributed by atoms with Gasteiger partial charge in [-0.15, -0.1) is 11.3 Å². The van der Waals surface area contributed by atoms with Crippen molar-refractivity contribution in [3.63, 3.8) is 0 Å². The number of carboxylic acid groups (broad SMARTS) is 1. The number of aliphatic carboxylic acids is 1. The number of imide groups is 1. The molecule has 2 aliphatic heterocycles. The molecule has 21 heteroatoms. The minimum Gasteiger partial charge on any atom is -0.481 e. The van der Waals surface area contributed by atoms with Gasteiger partial charge in [0, 0.05) is 82.4 Å². The first-order valence-electron chi connectivity index (χ1n) is 28.1. The highest BCUT2D eigenvalue weighted by Crippen LogP contribution is 2.33.